The van der Waals surface area contributed by atoms with Crippen LogP contribution in [0, 0.1) is 20.8 Å². The average molecular weight is 485 g/mol. The van der Waals surface area contributed by atoms with Crippen molar-refractivity contribution in [2.45, 2.75) is 46.3 Å². The molecule has 0 bridgehead atoms. The number of hydrogen-bond donors (Lipinski definition) is 1. The maximum atomic E-state index is 13.9. The van der Waals surface area contributed by atoms with Gasteiger partial charge >= 0.3 is 0 Å². The number of carbonyl (C=O) groups excluding carboxylic acids is 2. The van der Waals surface area contributed by atoms with Crippen LogP contribution in [0.25, 0.3) is 10.6 Å². The second-order valence-corrected chi connectivity index (χ2v) is 10.3. The van der Waals surface area contributed by atoms with E-state index in [2.05, 4.69) is 5.32 Å². The molecule has 0 spiro atoms. The second-order valence-electron chi connectivity index (χ2n) is 9.40. The summed E-state index contributed by atoms with van der Waals surface area (Å²) in [7, 11) is 0. The molecule has 4 aromatic rings. The van der Waals surface area contributed by atoms with E-state index < -0.39 is 5.54 Å². The highest BCUT2D eigenvalue weighted by Gasteiger charge is 2.49. The number of fused-ring (bicyclic) bond motifs is 1. The van der Waals surface area contributed by atoms with Crippen LogP contribution in [0.5, 0.6) is 0 Å². The molecule has 0 saturated carbocycles. The van der Waals surface area contributed by atoms with E-state index >= 15 is 0 Å². The number of nitrogens with zero attached hydrogens (tertiary/aromatic N) is 3. The Morgan fingerprint density at radius 3 is 2.51 bits per heavy atom. The highest BCUT2D eigenvalue weighted by Crippen LogP contribution is 2.35. The van der Waals surface area contributed by atoms with Crippen LogP contribution >= 0.6 is 11.3 Å². The number of carbonyl (C=O) groups is 2. The fraction of sp³-hybridized carbons (Fsp3) is 0.250. The van der Waals surface area contributed by atoms with Gasteiger partial charge in [-0.05, 0) is 74.0 Å². The summed E-state index contributed by atoms with van der Waals surface area (Å²) < 4.78 is 1.68. The summed E-state index contributed by atoms with van der Waals surface area (Å²) in [5.74, 6) is -0.453. The number of aryl methyl sites for hydroxylation is 3. The Morgan fingerprint density at radius 1 is 1.06 bits per heavy atom. The molecule has 35 heavy (non-hydrogen) atoms. The minimum absolute atomic E-state index is 0.219. The summed E-state index contributed by atoms with van der Waals surface area (Å²) in [5.41, 5.74) is 5.14. The van der Waals surface area contributed by atoms with Crippen molar-refractivity contribution in [2.75, 3.05) is 4.90 Å². The lowest BCUT2D eigenvalue weighted by Gasteiger charge is -2.43. The molecule has 2 amide bonds. The van der Waals surface area contributed by atoms with Gasteiger partial charge in [0.15, 0.2) is 0 Å². The van der Waals surface area contributed by atoms with Crippen molar-refractivity contribution < 1.29 is 9.59 Å². The molecule has 5 rings (SSSR count). The molecule has 0 fully saturated rings. The minimum atomic E-state index is -1.16. The molecule has 6 nitrogen and oxygen atoms in total. The standard InChI is InChI=1S/C28H28N4O2S/c1-18-7-10-21(11-8-18)16-29-27(34)28(4)17-31-24(15-23(30-31)25-6-5-13-35-25)26(33)32(28)22-12-9-19(2)20(3)14-22/h5-15H,16-17H2,1-4H3,(H,29,34). The normalized spacial score (nSPS) is 17.4. The zero-order valence-corrected chi connectivity index (χ0v) is 21.1. The van der Waals surface area contributed by atoms with Crippen molar-refractivity contribution in [3.05, 3.63) is 94.0 Å². The molecule has 178 valence electrons. The third-order valence-corrected chi connectivity index (χ3v) is 7.63. The van der Waals surface area contributed by atoms with Crippen molar-refractivity contribution in [1.29, 1.82) is 0 Å². The molecule has 0 radical (unpaired) electrons. The topological polar surface area (TPSA) is 67.2 Å². The van der Waals surface area contributed by atoms with E-state index in [9.17, 15) is 9.59 Å². The van der Waals surface area contributed by atoms with Gasteiger partial charge in [0, 0.05) is 12.2 Å². The van der Waals surface area contributed by atoms with Crippen LogP contribution in [0.1, 0.15) is 39.7 Å². The van der Waals surface area contributed by atoms with Crippen molar-refractivity contribution in [3.8, 4) is 10.6 Å². The van der Waals surface area contributed by atoms with E-state index in [1.807, 2.05) is 93.7 Å². The van der Waals surface area contributed by atoms with Gasteiger partial charge in [0.05, 0.1) is 11.4 Å². The van der Waals surface area contributed by atoms with Gasteiger partial charge in [-0.3, -0.25) is 19.2 Å². The Balaban J connectivity index is 1.54. The highest BCUT2D eigenvalue weighted by molar-refractivity contribution is 7.13. The Hall–Kier alpha value is -3.71. The smallest absolute Gasteiger partial charge is 0.277 e. The first kappa shape index (κ1) is 23.1. The predicted octanol–water partition coefficient (Wildman–Crippen LogP) is 5.27. The molecule has 1 aliphatic heterocycles. The quantitative estimate of drug-likeness (QED) is 0.420. The zero-order valence-electron chi connectivity index (χ0n) is 20.3. The number of benzene rings is 2. The fourth-order valence-corrected chi connectivity index (χ4v) is 5.16. The van der Waals surface area contributed by atoms with Gasteiger partial charge in [-0.15, -0.1) is 11.3 Å². The van der Waals surface area contributed by atoms with E-state index in [0.29, 0.717) is 17.9 Å². The Morgan fingerprint density at radius 2 is 1.83 bits per heavy atom. The first-order valence-electron chi connectivity index (χ1n) is 11.6. The molecular formula is C28H28N4O2S. The molecule has 7 heteroatoms. The minimum Gasteiger partial charge on any atom is -0.350 e. The molecule has 1 N–H and O–H groups in total. The van der Waals surface area contributed by atoms with Crippen LogP contribution in [0.15, 0.2) is 66.0 Å². The third-order valence-electron chi connectivity index (χ3n) is 6.74. The fourth-order valence-electron chi connectivity index (χ4n) is 4.47. The van der Waals surface area contributed by atoms with Gasteiger partial charge in [0.25, 0.3) is 5.91 Å². The molecule has 3 heterocycles. The monoisotopic (exact) mass is 484 g/mol. The van der Waals surface area contributed by atoms with Gasteiger partial charge < -0.3 is 5.32 Å². The van der Waals surface area contributed by atoms with Crippen LogP contribution in [-0.2, 0) is 17.9 Å². The van der Waals surface area contributed by atoms with E-state index in [-0.39, 0.29) is 18.4 Å². The van der Waals surface area contributed by atoms with Crippen molar-refractivity contribution in [2.24, 2.45) is 0 Å². The lowest BCUT2D eigenvalue weighted by Crippen LogP contribution is -2.64. The molecular weight excluding hydrogens is 456 g/mol. The van der Waals surface area contributed by atoms with Crippen molar-refractivity contribution in [1.82, 2.24) is 15.1 Å². The molecule has 1 aliphatic rings. The summed E-state index contributed by atoms with van der Waals surface area (Å²) in [5, 5.41) is 9.76. The first-order chi connectivity index (χ1) is 16.8. The average Bonchev–Trinajstić information content (AvgIpc) is 3.51. The molecule has 0 aliphatic carbocycles. The number of rotatable bonds is 5. The van der Waals surface area contributed by atoms with E-state index in [1.165, 1.54) is 5.56 Å². The summed E-state index contributed by atoms with van der Waals surface area (Å²) in [6.07, 6.45) is 0. The molecule has 2 aromatic carbocycles. The van der Waals surface area contributed by atoms with Crippen LogP contribution in [0.3, 0.4) is 0 Å². The van der Waals surface area contributed by atoms with Crippen molar-refractivity contribution in [3.63, 3.8) is 0 Å². The van der Waals surface area contributed by atoms with E-state index in [4.69, 9.17) is 5.10 Å². The summed E-state index contributed by atoms with van der Waals surface area (Å²) in [6.45, 7) is 8.54. The third kappa shape index (κ3) is 4.17. The molecule has 0 saturated heterocycles. The van der Waals surface area contributed by atoms with Crippen LogP contribution < -0.4 is 10.2 Å². The number of hydrogen-bond acceptors (Lipinski definition) is 4. The molecule has 2 aromatic heterocycles. The van der Waals surface area contributed by atoms with Gasteiger partial charge in [0.2, 0.25) is 5.91 Å². The predicted molar refractivity (Wildman–Crippen MR) is 140 cm³/mol. The largest absolute Gasteiger partial charge is 0.350 e. The van der Waals surface area contributed by atoms with Crippen LogP contribution in [-0.4, -0.2) is 27.1 Å². The number of aromatic nitrogens is 2. The number of nitrogens with one attached hydrogen (secondary N) is 1. The maximum Gasteiger partial charge on any atom is 0.277 e. The van der Waals surface area contributed by atoms with Crippen LogP contribution in [0.2, 0.25) is 0 Å². The lowest BCUT2D eigenvalue weighted by molar-refractivity contribution is -0.126. The molecule has 1 unspecified atom stereocenters. The second kappa shape index (κ2) is 8.82. The van der Waals surface area contributed by atoms with E-state index in [1.54, 1.807) is 20.9 Å². The summed E-state index contributed by atoms with van der Waals surface area (Å²) in [4.78, 5) is 30.3. The summed E-state index contributed by atoms with van der Waals surface area (Å²) >= 11 is 1.57. The Bertz CT molecular complexity index is 1410. The lowest BCUT2D eigenvalue weighted by atomic mass is 9.93. The van der Waals surface area contributed by atoms with Crippen LogP contribution in [0.4, 0.5) is 5.69 Å². The van der Waals surface area contributed by atoms with Crippen molar-refractivity contribution >= 4 is 28.8 Å². The number of anilines is 1. The number of thiophene rings is 1. The highest BCUT2D eigenvalue weighted by atomic mass is 32.1. The SMILES string of the molecule is Cc1ccc(CNC(=O)C2(C)Cn3nc(-c4cccs4)cc3C(=O)N2c2ccc(C)c(C)c2)cc1. The van der Waals surface area contributed by atoms with Gasteiger partial charge in [0.1, 0.15) is 16.9 Å². The Labute approximate surface area is 209 Å². The first-order valence-corrected chi connectivity index (χ1v) is 12.5. The van der Waals surface area contributed by atoms with Gasteiger partial charge in [-0.2, -0.15) is 5.10 Å². The Kier molecular flexibility index (Phi) is 5.81. The van der Waals surface area contributed by atoms with E-state index in [0.717, 1.165) is 27.3 Å². The molecule has 1 atom stereocenters. The van der Waals surface area contributed by atoms with Gasteiger partial charge in [-0.25, -0.2) is 0 Å². The number of amides is 2. The maximum absolute atomic E-state index is 13.9. The van der Waals surface area contributed by atoms with Gasteiger partial charge in [-0.1, -0.05) is 42.0 Å². The summed E-state index contributed by atoms with van der Waals surface area (Å²) in [6, 6.07) is 19.7. The zero-order chi connectivity index (χ0) is 24.7.